The third kappa shape index (κ3) is 6.10. The van der Waals surface area contributed by atoms with Crippen molar-refractivity contribution in [2.45, 2.75) is 38.8 Å². The minimum absolute atomic E-state index is 0.0416. The Morgan fingerprint density at radius 1 is 1.05 bits per heavy atom. The summed E-state index contributed by atoms with van der Waals surface area (Å²) in [5.41, 5.74) is 5.93. The van der Waals surface area contributed by atoms with Crippen LogP contribution in [0.25, 0.3) is 22.0 Å². The van der Waals surface area contributed by atoms with Gasteiger partial charge in [0.25, 0.3) is 0 Å². The molecule has 3 heterocycles. The van der Waals surface area contributed by atoms with Gasteiger partial charge >= 0.3 is 0 Å². The van der Waals surface area contributed by atoms with Crippen LogP contribution in [0.5, 0.6) is 5.75 Å². The number of fused-ring (bicyclic) bond motifs is 1. The summed E-state index contributed by atoms with van der Waals surface area (Å²) < 4.78 is 40.7. The van der Waals surface area contributed by atoms with E-state index in [1.165, 1.54) is 12.1 Å². The molecule has 42 heavy (non-hydrogen) atoms. The van der Waals surface area contributed by atoms with Gasteiger partial charge in [0.05, 0.1) is 23.4 Å². The molecule has 5 nitrogen and oxygen atoms in total. The summed E-state index contributed by atoms with van der Waals surface area (Å²) in [4.78, 5) is 2.21. The van der Waals surface area contributed by atoms with Crippen LogP contribution in [0, 0.1) is 11.7 Å². The number of ether oxygens (including phenoxy) is 2. The van der Waals surface area contributed by atoms with E-state index in [9.17, 15) is 8.78 Å². The average molecular weight is 592 g/mol. The Kier molecular flexibility index (Phi) is 8.89. The monoisotopic (exact) mass is 591 g/mol. The van der Waals surface area contributed by atoms with E-state index in [4.69, 9.17) is 21.1 Å². The maximum Gasteiger partial charge on any atom is 0.150 e. The molecule has 0 radical (unpaired) electrons. The van der Waals surface area contributed by atoms with Crippen LogP contribution in [0.2, 0.25) is 5.02 Å². The second kappa shape index (κ2) is 12.9. The van der Waals surface area contributed by atoms with Crippen molar-refractivity contribution in [3.05, 3.63) is 94.4 Å². The molecule has 220 valence electrons. The van der Waals surface area contributed by atoms with Gasteiger partial charge in [-0.05, 0) is 89.9 Å². The van der Waals surface area contributed by atoms with E-state index in [1.807, 2.05) is 23.0 Å². The summed E-state index contributed by atoms with van der Waals surface area (Å²) in [5.74, 6) is 0.591. The lowest BCUT2D eigenvalue weighted by atomic mass is 9.87. The third-order valence-corrected chi connectivity index (χ3v) is 8.61. The lowest BCUT2D eigenvalue weighted by molar-refractivity contribution is -0.0366. The molecule has 2 aliphatic rings. The van der Waals surface area contributed by atoms with Crippen LogP contribution in [-0.2, 0) is 4.74 Å². The number of alkyl halides is 1. The summed E-state index contributed by atoms with van der Waals surface area (Å²) in [5, 5.41) is 6.10. The maximum atomic E-state index is 14.0. The lowest BCUT2D eigenvalue weighted by Crippen LogP contribution is -2.49. The largest absolute Gasteiger partial charge is 0.492 e. The molecule has 0 aliphatic carbocycles. The highest BCUT2D eigenvalue weighted by atomic mass is 35.5. The molecule has 1 atom stereocenters. The van der Waals surface area contributed by atoms with Crippen LogP contribution in [0.1, 0.15) is 55.5 Å². The van der Waals surface area contributed by atoms with Gasteiger partial charge in [0.2, 0.25) is 0 Å². The fourth-order valence-corrected chi connectivity index (χ4v) is 6.35. The maximum absolute atomic E-state index is 14.0. The zero-order chi connectivity index (χ0) is 29.1. The van der Waals surface area contributed by atoms with Crippen molar-refractivity contribution in [3.8, 4) is 5.75 Å². The van der Waals surface area contributed by atoms with Gasteiger partial charge in [-0.2, -0.15) is 5.10 Å². The van der Waals surface area contributed by atoms with E-state index < -0.39 is 0 Å². The van der Waals surface area contributed by atoms with Crippen molar-refractivity contribution in [1.29, 1.82) is 0 Å². The Hall–Kier alpha value is -3.26. The SMILES string of the molecule is CC/C(=C(/c1ccc(OCCN2CC(CF)C2)cc1)c1ccc2c(cnn2C2CCCCO2)c1)c1ccc(F)cc1Cl. The van der Waals surface area contributed by atoms with Gasteiger partial charge in [-0.25, -0.2) is 9.07 Å². The summed E-state index contributed by atoms with van der Waals surface area (Å²) in [6, 6.07) is 19.0. The van der Waals surface area contributed by atoms with Crippen molar-refractivity contribution in [1.82, 2.24) is 14.7 Å². The molecule has 6 rings (SSSR count). The quantitative estimate of drug-likeness (QED) is 0.174. The highest BCUT2D eigenvalue weighted by Gasteiger charge is 2.26. The number of likely N-dealkylation sites (tertiary alicyclic amines) is 1. The lowest BCUT2D eigenvalue weighted by Gasteiger charge is -2.37. The highest BCUT2D eigenvalue weighted by Crippen LogP contribution is 2.39. The first kappa shape index (κ1) is 28.8. The molecule has 0 spiro atoms. The number of hydrogen-bond donors (Lipinski definition) is 0. The van der Waals surface area contributed by atoms with Gasteiger partial charge in [0.1, 0.15) is 18.2 Å². The van der Waals surface area contributed by atoms with Crippen molar-refractivity contribution < 1.29 is 18.3 Å². The molecular formula is C34H36ClF2N3O2. The van der Waals surface area contributed by atoms with E-state index in [0.717, 1.165) is 90.0 Å². The second-order valence-electron chi connectivity index (χ2n) is 11.2. The molecule has 0 amide bonds. The molecule has 1 unspecified atom stereocenters. The van der Waals surface area contributed by atoms with Crippen LogP contribution >= 0.6 is 11.6 Å². The van der Waals surface area contributed by atoms with Crippen LogP contribution in [-0.4, -0.2) is 54.2 Å². The first-order valence-electron chi connectivity index (χ1n) is 14.8. The molecule has 0 saturated carbocycles. The van der Waals surface area contributed by atoms with Gasteiger partial charge in [-0.15, -0.1) is 0 Å². The number of halogens is 3. The zero-order valence-electron chi connectivity index (χ0n) is 23.9. The van der Waals surface area contributed by atoms with Gasteiger partial charge in [-0.1, -0.05) is 42.8 Å². The molecule has 2 fully saturated rings. The summed E-state index contributed by atoms with van der Waals surface area (Å²) in [6.45, 7) is 5.54. The topological polar surface area (TPSA) is 39.5 Å². The van der Waals surface area contributed by atoms with Crippen molar-refractivity contribution in [3.63, 3.8) is 0 Å². The van der Waals surface area contributed by atoms with Gasteiger partial charge < -0.3 is 9.47 Å². The minimum atomic E-state index is -0.362. The second-order valence-corrected chi connectivity index (χ2v) is 11.6. The van der Waals surface area contributed by atoms with E-state index in [0.29, 0.717) is 18.1 Å². The molecule has 0 N–H and O–H groups in total. The Balaban J connectivity index is 1.33. The summed E-state index contributed by atoms with van der Waals surface area (Å²) in [7, 11) is 0. The van der Waals surface area contributed by atoms with E-state index >= 15 is 0 Å². The first-order chi connectivity index (χ1) is 20.5. The highest BCUT2D eigenvalue weighted by molar-refractivity contribution is 6.32. The van der Waals surface area contributed by atoms with Gasteiger partial charge in [0, 0.05) is 37.5 Å². The Bertz CT molecular complexity index is 1560. The molecule has 1 aromatic heterocycles. The van der Waals surface area contributed by atoms with E-state index in [-0.39, 0.29) is 24.6 Å². The molecule has 2 saturated heterocycles. The standard InChI is InChI=1S/C34H36ClF2N3O2/c1-2-29(30-12-9-27(37)18-31(30)35)34(24-6-10-28(11-7-24)41-16-14-39-21-23(19-36)22-39)25-8-13-32-26(17-25)20-38-40(32)33-5-3-4-15-42-33/h6-13,17-18,20,23,33H,2-5,14-16,19,21-22H2,1H3/b34-29+. The summed E-state index contributed by atoms with van der Waals surface area (Å²) in [6.07, 6.45) is 5.73. The smallest absolute Gasteiger partial charge is 0.150 e. The average Bonchev–Trinajstić information content (AvgIpc) is 3.42. The first-order valence-corrected chi connectivity index (χ1v) is 15.2. The summed E-state index contributed by atoms with van der Waals surface area (Å²) >= 11 is 6.60. The van der Waals surface area contributed by atoms with Gasteiger partial charge in [-0.3, -0.25) is 9.29 Å². The predicted molar refractivity (Wildman–Crippen MR) is 164 cm³/mol. The number of allylic oxidation sites excluding steroid dienone is 1. The van der Waals surface area contributed by atoms with Crippen LogP contribution < -0.4 is 4.74 Å². The third-order valence-electron chi connectivity index (χ3n) is 8.29. The number of nitrogens with zero attached hydrogens (tertiary/aromatic N) is 3. The Morgan fingerprint density at radius 3 is 2.57 bits per heavy atom. The zero-order valence-corrected chi connectivity index (χ0v) is 24.6. The van der Waals surface area contributed by atoms with E-state index in [2.05, 4.69) is 47.3 Å². The number of rotatable bonds is 10. The van der Waals surface area contributed by atoms with Crippen LogP contribution in [0.3, 0.4) is 0 Å². The fourth-order valence-electron chi connectivity index (χ4n) is 6.07. The molecule has 3 aromatic carbocycles. The molecule has 8 heteroatoms. The predicted octanol–water partition coefficient (Wildman–Crippen LogP) is 8.18. The number of aromatic nitrogens is 2. The molecular weight excluding hydrogens is 556 g/mol. The molecule has 2 aliphatic heterocycles. The van der Waals surface area contributed by atoms with E-state index in [1.54, 1.807) is 6.07 Å². The minimum Gasteiger partial charge on any atom is -0.492 e. The van der Waals surface area contributed by atoms with Crippen molar-refractivity contribution >= 4 is 33.7 Å². The number of hydrogen-bond acceptors (Lipinski definition) is 4. The Labute approximate surface area is 250 Å². The van der Waals surface area contributed by atoms with Crippen molar-refractivity contribution in [2.75, 3.05) is 39.5 Å². The number of benzene rings is 3. The van der Waals surface area contributed by atoms with Crippen LogP contribution in [0.4, 0.5) is 8.78 Å². The fraction of sp³-hybridized carbons (Fsp3) is 0.382. The van der Waals surface area contributed by atoms with Gasteiger partial charge in [0.15, 0.2) is 6.23 Å². The normalized spacial score (nSPS) is 18.6. The van der Waals surface area contributed by atoms with Crippen molar-refractivity contribution in [2.24, 2.45) is 5.92 Å². The van der Waals surface area contributed by atoms with Crippen LogP contribution in [0.15, 0.2) is 66.9 Å². The molecule has 4 aromatic rings. The molecule has 0 bridgehead atoms. The Morgan fingerprint density at radius 2 is 1.86 bits per heavy atom.